The van der Waals surface area contributed by atoms with Crippen LogP contribution in [0.1, 0.15) is 62.3 Å². The summed E-state index contributed by atoms with van der Waals surface area (Å²) in [6.45, 7) is 18.2. The van der Waals surface area contributed by atoms with E-state index in [0.717, 1.165) is 11.1 Å². The zero-order chi connectivity index (χ0) is 24.2. The Bertz CT molecular complexity index is 763. The minimum absolute atomic E-state index is 0.0889. The molecular weight excluding hydrogens is 410 g/mol. The van der Waals surface area contributed by atoms with E-state index < -0.39 is 23.2 Å². The molecule has 0 aromatic rings. The zero-order valence-electron chi connectivity index (χ0n) is 20.4. The highest BCUT2D eigenvalue weighted by Crippen LogP contribution is 2.29. The molecule has 0 aliphatic carbocycles. The molecule has 0 spiro atoms. The molecule has 2 atom stereocenters. The summed E-state index contributed by atoms with van der Waals surface area (Å²) in [5.41, 5.74) is 4.52. The molecule has 174 valence electrons. The lowest BCUT2D eigenvalue weighted by atomic mass is 9.83. The molecule has 0 unspecified atom stereocenters. The maximum absolute atomic E-state index is 12.3. The molecular formula is C25H39NO4S. The van der Waals surface area contributed by atoms with Crippen molar-refractivity contribution in [2.45, 2.75) is 73.6 Å². The summed E-state index contributed by atoms with van der Waals surface area (Å²) in [5, 5.41) is 2.08. The third-order valence-electron chi connectivity index (χ3n) is 4.41. The minimum Gasteiger partial charge on any atom is -0.464 e. The molecule has 0 bridgehead atoms. The predicted molar refractivity (Wildman–Crippen MR) is 132 cm³/mol. The van der Waals surface area contributed by atoms with Gasteiger partial charge < -0.3 is 14.6 Å². The van der Waals surface area contributed by atoms with Crippen molar-refractivity contribution in [2.75, 3.05) is 6.61 Å². The Labute approximate surface area is 192 Å². The van der Waals surface area contributed by atoms with Crippen molar-refractivity contribution in [1.82, 2.24) is 5.32 Å². The lowest BCUT2D eigenvalue weighted by molar-refractivity contribution is -0.146. The average molecular weight is 450 g/mol. The second-order valence-corrected chi connectivity index (χ2v) is 9.66. The molecule has 0 saturated carbocycles. The minimum atomic E-state index is -0.921. The van der Waals surface area contributed by atoms with Crippen LogP contribution in [0.25, 0.3) is 0 Å². The van der Waals surface area contributed by atoms with Gasteiger partial charge in [0.25, 0.3) is 0 Å². The van der Waals surface area contributed by atoms with Gasteiger partial charge in [-0.3, -0.25) is 4.79 Å². The Morgan fingerprint density at radius 1 is 1.06 bits per heavy atom. The number of ether oxygens (including phenoxy) is 1. The van der Waals surface area contributed by atoms with Crippen molar-refractivity contribution in [3.63, 3.8) is 0 Å². The summed E-state index contributed by atoms with van der Waals surface area (Å²) < 4.78 is 14.2. The molecule has 2 N–H and O–H groups in total. The second-order valence-electron chi connectivity index (χ2n) is 8.70. The molecule has 0 heterocycles. The van der Waals surface area contributed by atoms with Crippen molar-refractivity contribution >= 4 is 23.9 Å². The summed E-state index contributed by atoms with van der Waals surface area (Å²) in [6, 6.07) is -0.921. The molecule has 0 aromatic carbocycles. The van der Waals surface area contributed by atoms with Crippen molar-refractivity contribution in [3.05, 3.63) is 58.7 Å². The van der Waals surface area contributed by atoms with Crippen molar-refractivity contribution in [2.24, 2.45) is 5.41 Å². The van der Waals surface area contributed by atoms with Gasteiger partial charge in [0.1, 0.15) is 6.04 Å². The number of esters is 1. The lowest BCUT2D eigenvalue weighted by Gasteiger charge is -2.22. The van der Waals surface area contributed by atoms with Crippen molar-refractivity contribution in [1.29, 1.82) is 0 Å². The second kappa shape index (κ2) is 14.1. The van der Waals surface area contributed by atoms with Gasteiger partial charge in [0.15, 0.2) is 0 Å². The van der Waals surface area contributed by atoms with E-state index in [1.165, 1.54) is 17.2 Å². The van der Waals surface area contributed by atoms with Crippen LogP contribution in [0.2, 0.25) is 0 Å². The fourth-order valence-corrected chi connectivity index (χ4v) is 3.20. The lowest BCUT2D eigenvalue weighted by Crippen LogP contribution is -2.47. The Morgan fingerprint density at radius 3 is 2.16 bits per heavy atom. The van der Waals surface area contributed by atoms with Crippen LogP contribution < -0.4 is 5.32 Å². The Morgan fingerprint density at radius 2 is 1.68 bits per heavy atom. The Hall–Kier alpha value is -2.05. The molecule has 0 radical (unpaired) electrons. The van der Waals surface area contributed by atoms with Gasteiger partial charge in [0.05, 0.1) is 11.9 Å². The highest BCUT2D eigenvalue weighted by atomic mass is 32.2. The van der Waals surface area contributed by atoms with Crippen LogP contribution in [-0.2, 0) is 14.3 Å². The van der Waals surface area contributed by atoms with E-state index >= 15 is 0 Å². The highest BCUT2D eigenvalue weighted by Gasteiger charge is 2.28. The number of hydrogen-bond donors (Lipinski definition) is 2. The van der Waals surface area contributed by atoms with Gasteiger partial charge in [0.2, 0.25) is 5.91 Å². The topological polar surface area (TPSA) is 75.6 Å². The first-order chi connectivity index (χ1) is 14.3. The molecule has 0 fully saturated rings. The van der Waals surface area contributed by atoms with Crippen LogP contribution in [0.4, 0.5) is 0 Å². The first kappa shape index (κ1) is 28.9. The van der Waals surface area contributed by atoms with Crippen LogP contribution in [-0.4, -0.2) is 34.3 Å². The first-order valence-corrected chi connectivity index (χ1v) is 11.3. The van der Waals surface area contributed by atoms with Crippen LogP contribution in [0.15, 0.2) is 58.7 Å². The molecule has 0 saturated heterocycles. The van der Waals surface area contributed by atoms with E-state index in [-0.39, 0.29) is 12.0 Å². The van der Waals surface area contributed by atoms with Crippen molar-refractivity contribution in [3.8, 4) is 0 Å². The monoisotopic (exact) mass is 449 g/mol. The van der Waals surface area contributed by atoms with Crippen LogP contribution >= 0.6 is 12.0 Å². The number of hydrogen-bond acceptors (Lipinski definition) is 5. The number of allylic oxidation sites excluding steroid dienone is 9. The third kappa shape index (κ3) is 11.8. The van der Waals surface area contributed by atoms with E-state index in [4.69, 9.17) is 4.74 Å². The van der Waals surface area contributed by atoms with E-state index in [1.54, 1.807) is 20.8 Å². The standard InChI is InChI=1S/C25H39NO4S/c1-10-30-24(28)23(20(6)31-29)26-22(27)16-19(5)13-11-12-18(4)14-15-21(17(2)3)25(7,8)9/h11-16,20,23,29H,10H2,1-9H3,(H,26,27)/b13-11+,15-14+,18-12+,19-16-/t20-,23+/m1/s1. The number of amides is 1. The van der Waals surface area contributed by atoms with E-state index in [1.807, 2.05) is 25.2 Å². The smallest absolute Gasteiger partial charge is 0.329 e. The largest absolute Gasteiger partial charge is 0.464 e. The Kier molecular flexibility index (Phi) is 13.2. The summed E-state index contributed by atoms with van der Waals surface area (Å²) >= 11 is 0.507. The maximum atomic E-state index is 12.3. The maximum Gasteiger partial charge on any atom is 0.329 e. The molecule has 0 rings (SSSR count). The molecule has 1 amide bonds. The zero-order valence-corrected chi connectivity index (χ0v) is 21.2. The van der Waals surface area contributed by atoms with Gasteiger partial charge >= 0.3 is 5.97 Å². The molecule has 6 heteroatoms. The first-order valence-electron chi connectivity index (χ1n) is 10.5. The normalized spacial score (nSPS) is 15.2. The fourth-order valence-electron chi connectivity index (χ4n) is 2.90. The number of rotatable bonds is 10. The van der Waals surface area contributed by atoms with E-state index in [9.17, 15) is 14.1 Å². The summed E-state index contributed by atoms with van der Waals surface area (Å²) in [5.74, 6) is -0.983. The van der Waals surface area contributed by atoms with Gasteiger partial charge in [-0.05, 0) is 70.1 Å². The molecule has 0 aliphatic rings. The summed E-state index contributed by atoms with van der Waals surface area (Å²) in [4.78, 5) is 24.3. The average Bonchev–Trinajstić information content (AvgIpc) is 2.64. The summed E-state index contributed by atoms with van der Waals surface area (Å²) in [6.07, 6.45) is 11.3. The number of nitrogens with one attached hydrogen (secondary N) is 1. The Balaban J connectivity index is 5.17. The van der Waals surface area contributed by atoms with Crippen LogP contribution in [0.5, 0.6) is 0 Å². The fraction of sp³-hybridized carbons (Fsp3) is 0.520. The predicted octanol–water partition coefficient (Wildman–Crippen LogP) is 6.02. The SMILES string of the molecule is CCOC(=O)[C@@H](NC(=O)\C=C(C)/C=C/C=C(C)/C=C/C(=C(C)C)C(C)(C)C)[C@@H](C)SO. The molecule has 5 nitrogen and oxygen atoms in total. The van der Waals surface area contributed by atoms with E-state index in [0.29, 0.717) is 12.0 Å². The van der Waals surface area contributed by atoms with Crippen molar-refractivity contribution < 1.29 is 18.9 Å². The van der Waals surface area contributed by atoms with Gasteiger partial charge in [-0.1, -0.05) is 62.3 Å². The van der Waals surface area contributed by atoms with Gasteiger partial charge in [0, 0.05) is 6.08 Å². The molecule has 0 aliphatic heterocycles. The molecule has 0 aromatic heterocycles. The van der Waals surface area contributed by atoms with Crippen LogP contribution in [0.3, 0.4) is 0 Å². The quantitative estimate of drug-likeness (QED) is 0.185. The third-order valence-corrected chi connectivity index (χ3v) is 5.02. The van der Waals surface area contributed by atoms with Crippen LogP contribution in [0, 0.1) is 5.41 Å². The number of carbonyl (C=O) groups excluding carboxylic acids is 2. The van der Waals surface area contributed by atoms with Gasteiger partial charge in [-0.15, -0.1) is 0 Å². The van der Waals surface area contributed by atoms with Gasteiger partial charge in [-0.25, -0.2) is 4.79 Å². The highest BCUT2D eigenvalue weighted by molar-refractivity contribution is 7.94. The van der Waals surface area contributed by atoms with Gasteiger partial charge in [-0.2, -0.15) is 0 Å². The number of carbonyl (C=O) groups is 2. The van der Waals surface area contributed by atoms with E-state index in [2.05, 4.69) is 52.1 Å². The molecule has 31 heavy (non-hydrogen) atoms. The summed E-state index contributed by atoms with van der Waals surface area (Å²) in [7, 11) is 0.